The molecule has 0 aliphatic heterocycles. The molecule has 0 unspecified atom stereocenters. The molecule has 3 aromatic heterocycles. The minimum absolute atomic E-state index is 0.0390. The zero-order chi connectivity index (χ0) is 20.9. The topological polar surface area (TPSA) is 88.6 Å². The largest absolute Gasteiger partial charge is 0.458 e. The Bertz CT molecular complexity index is 1160. The van der Waals surface area contributed by atoms with Crippen LogP contribution in [-0.2, 0) is 15.8 Å². The highest BCUT2D eigenvalue weighted by atomic mass is 35.5. The highest BCUT2D eigenvalue weighted by Crippen LogP contribution is 2.44. The van der Waals surface area contributed by atoms with Gasteiger partial charge in [-0.1, -0.05) is 18.5 Å². The number of rotatable bonds is 4. The molecule has 0 aliphatic rings. The molecule has 0 bridgehead atoms. The van der Waals surface area contributed by atoms with E-state index < -0.39 is 27.5 Å². The monoisotopic (exact) mass is 440 g/mol. The second-order valence-corrected chi connectivity index (χ2v) is 8.34. The maximum atomic E-state index is 13.5. The lowest BCUT2D eigenvalue weighted by atomic mass is 10.1. The van der Waals surface area contributed by atoms with Gasteiger partial charge >= 0.3 is 12.1 Å². The molecule has 0 spiro atoms. The van der Waals surface area contributed by atoms with Crippen molar-refractivity contribution in [2.45, 2.75) is 23.9 Å². The van der Waals surface area contributed by atoms with E-state index in [0.29, 0.717) is 12.3 Å². The first-order valence-corrected chi connectivity index (χ1v) is 9.59. The molecule has 28 heavy (non-hydrogen) atoms. The number of H-pyrrole nitrogens is 1. The highest BCUT2D eigenvalue weighted by Gasteiger charge is 2.59. The van der Waals surface area contributed by atoms with E-state index in [-0.39, 0.29) is 38.4 Å². The molecule has 0 saturated carbocycles. The van der Waals surface area contributed by atoms with Crippen LogP contribution in [0, 0.1) is 0 Å². The number of hydrogen-bond donors (Lipinski definition) is 1. The number of aromatic nitrogens is 4. The molecule has 0 aliphatic carbocycles. The Balaban J connectivity index is 2.18. The second-order valence-electron chi connectivity index (χ2n) is 5.66. The number of fused-ring (bicyclic) bond motifs is 1. The summed E-state index contributed by atoms with van der Waals surface area (Å²) in [6.45, 7) is 1.39. The molecular weight excluding hydrogens is 431 g/mol. The van der Waals surface area contributed by atoms with Crippen LogP contribution in [0.15, 0.2) is 29.4 Å². The van der Waals surface area contributed by atoms with Gasteiger partial charge in [0.2, 0.25) is 0 Å². The first-order valence-electron chi connectivity index (χ1n) is 7.56. The van der Waals surface area contributed by atoms with Crippen molar-refractivity contribution in [2.24, 2.45) is 0 Å². The standard InChI is InChI=1S/C15H10ClF5N4O2S/c1-2-28(26,27)10-4-8(16)6-22-11(10)13-24-9-3-7(5-23-12(9)25-13)14(17,18)15(19,20)21/h3-6H,2H2,1H3,(H,23,24,25). The van der Waals surface area contributed by atoms with E-state index in [4.69, 9.17) is 11.6 Å². The van der Waals surface area contributed by atoms with Gasteiger partial charge in [0.05, 0.1) is 26.8 Å². The van der Waals surface area contributed by atoms with Gasteiger partial charge in [0.1, 0.15) is 5.69 Å². The summed E-state index contributed by atoms with van der Waals surface area (Å²) in [6.07, 6.45) is -4.29. The van der Waals surface area contributed by atoms with Crippen molar-refractivity contribution in [2.75, 3.05) is 5.75 Å². The number of aromatic amines is 1. The molecule has 0 fully saturated rings. The van der Waals surface area contributed by atoms with Crippen molar-refractivity contribution < 1.29 is 30.4 Å². The van der Waals surface area contributed by atoms with Crippen LogP contribution in [0.1, 0.15) is 12.5 Å². The Morgan fingerprint density at radius 2 is 1.79 bits per heavy atom. The molecule has 6 nitrogen and oxygen atoms in total. The number of nitrogens with one attached hydrogen (secondary N) is 1. The molecule has 0 radical (unpaired) electrons. The van der Waals surface area contributed by atoms with Gasteiger partial charge in [0.15, 0.2) is 21.3 Å². The minimum atomic E-state index is -5.80. The van der Waals surface area contributed by atoms with Crippen molar-refractivity contribution in [1.29, 1.82) is 0 Å². The third kappa shape index (κ3) is 3.41. The van der Waals surface area contributed by atoms with Gasteiger partial charge in [-0.3, -0.25) is 4.98 Å². The quantitative estimate of drug-likeness (QED) is 0.616. The predicted molar refractivity (Wildman–Crippen MR) is 89.8 cm³/mol. The molecule has 3 heterocycles. The number of halogens is 6. The summed E-state index contributed by atoms with van der Waals surface area (Å²) in [6, 6.07) is 1.70. The van der Waals surface area contributed by atoms with Gasteiger partial charge in [-0.15, -0.1) is 0 Å². The summed E-state index contributed by atoms with van der Waals surface area (Å²) in [7, 11) is -3.78. The summed E-state index contributed by atoms with van der Waals surface area (Å²) in [5, 5.41) is 0.0390. The zero-order valence-corrected chi connectivity index (χ0v) is 15.4. The van der Waals surface area contributed by atoms with E-state index in [1.807, 2.05) is 0 Å². The van der Waals surface area contributed by atoms with E-state index in [0.717, 1.165) is 12.3 Å². The molecule has 1 N–H and O–H groups in total. The van der Waals surface area contributed by atoms with Crippen molar-refractivity contribution in [3.8, 4) is 11.5 Å². The summed E-state index contributed by atoms with van der Waals surface area (Å²) >= 11 is 5.80. The lowest BCUT2D eigenvalue weighted by molar-refractivity contribution is -0.289. The van der Waals surface area contributed by atoms with Crippen LogP contribution in [0.5, 0.6) is 0 Å². The molecular formula is C15H10ClF5N4O2S. The Kier molecular flexibility index (Phi) is 4.82. The van der Waals surface area contributed by atoms with Crippen LogP contribution >= 0.6 is 11.6 Å². The number of nitrogens with zero attached hydrogens (tertiary/aromatic N) is 3. The Hall–Kier alpha value is -2.34. The number of hydrogen-bond acceptors (Lipinski definition) is 5. The fourth-order valence-corrected chi connectivity index (χ4v) is 3.62. The SMILES string of the molecule is CCS(=O)(=O)c1cc(Cl)cnc1-c1nc2ncc(C(F)(F)C(F)(F)F)cc2[nH]1. The van der Waals surface area contributed by atoms with Crippen LogP contribution in [0.4, 0.5) is 22.0 Å². The first kappa shape index (κ1) is 20.4. The molecule has 0 atom stereocenters. The Labute approximate surface area is 159 Å². The lowest BCUT2D eigenvalue weighted by Crippen LogP contribution is -2.33. The Morgan fingerprint density at radius 3 is 2.39 bits per heavy atom. The normalized spacial score (nSPS) is 13.2. The van der Waals surface area contributed by atoms with Crippen molar-refractivity contribution in [1.82, 2.24) is 19.9 Å². The van der Waals surface area contributed by atoms with Gasteiger partial charge in [0.25, 0.3) is 0 Å². The molecule has 0 aromatic carbocycles. The lowest BCUT2D eigenvalue weighted by Gasteiger charge is -2.19. The summed E-state index contributed by atoms with van der Waals surface area (Å²) in [5.41, 5.74) is -1.97. The molecule has 0 saturated heterocycles. The van der Waals surface area contributed by atoms with E-state index in [1.165, 1.54) is 6.92 Å². The number of pyridine rings is 2. The number of sulfone groups is 1. The average molecular weight is 441 g/mol. The number of alkyl halides is 5. The average Bonchev–Trinajstić information content (AvgIpc) is 3.03. The van der Waals surface area contributed by atoms with Crippen molar-refractivity contribution >= 4 is 32.6 Å². The maximum absolute atomic E-state index is 13.5. The molecule has 0 amide bonds. The minimum Gasteiger partial charge on any atom is -0.335 e. The van der Waals surface area contributed by atoms with E-state index in [9.17, 15) is 30.4 Å². The Morgan fingerprint density at radius 1 is 1.11 bits per heavy atom. The summed E-state index contributed by atoms with van der Waals surface area (Å²) in [4.78, 5) is 13.6. The zero-order valence-electron chi connectivity index (χ0n) is 13.9. The van der Waals surface area contributed by atoms with Crippen LogP contribution < -0.4 is 0 Å². The van der Waals surface area contributed by atoms with Crippen LogP contribution in [0.3, 0.4) is 0 Å². The fourth-order valence-electron chi connectivity index (χ4n) is 2.34. The van der Waals surface area contributed by atoms with Crippen molar-refractivity contribution in [3.63, 3.8) is 0 Å². The molecule has 150 valence electrons. The predicted octanol–water partition coefficient (Wildman–Crippen LogP) is 4.12. The third-order valence-corrected chi connectivity index (χ3v) is 5.76. The molecule has 13 heteroatoms. The van der Waals surface area contributed by atoms with Gasteiger partial charge in [0, 0.05) is 12.4 Å². The number of imidazole rings is 1. The van der Waals surface area contributed by atoms with Crippen LogP contribution in [-0.4, -0.2) is 40.3 Å². The van der Waals surface area contributed by atoms with Gasteiger partial charge in [-0.25, -0.2) is 18.4 Å². The summed E-state index contributed by atoms with van der Waals surface area (Å²) < 4.78 is 89.3. The van der Waals surface area contributed by atoms with Gasteiger partial charge in [-0.2, -0.15) is 22.0 Å². The van der Waals surface area contributed by atoms with Gasteiger partial charge < -0.3 is 4.98 Å². The third-order valence-electron chi connectivity index (χ3n) is 3.81. The van der Waals surface area contributed by atoms with Crippen LogP contribution in [0.2, 0.25) is 5.02 Å². The first-order chi connectivity index (χ1) is 12.9. The fraction of sp³-hybridized carbons (Fsp3) is 0.267. The highest BCUT2D eigenvalue weighted by molar-refractivity contribution is 7.91. The molecule has 3 aromatic rings. The van der Waals surface area contributed by atoms with Crippen LogP contribution in [0.25, 0.3) is 22.7 Å². The molecule has 3 rings (SSSR count). The van der Waals surface area contributed by atoms with E-state index in [1.54, 1.807) is 0 Å². The maximum Gasteiger partial charge on any atom is 0.458 e. The second kappa shape index (κ2) is 6.62. The van der Waals surface area contributed by atoms with Gasteiger partial charge in [-0.05, 0) is 12.1 Å². The van der Waals surface area contributed by atoms with E-state index in [2.05, 4.69) is 19.9 Å². The smallest absolute Gasteiger partial charge is 0.335 e. The summed E-state index contributed by atoms with van der Waals surface area (Å²) in [5.74, 6) is -5.56. The van der Waals surface area contributed by atoms with Crippen molar-refractivity contribution in [3.05, 3.63) is 35.1 Å². The van der Waals surface area contributed by atoms with E-state index >= 15 is 0 Å².